The molecule has 0 bridgehead atoms. The van der Waals surface area contributed by atoms with Crippen LogP contribution in [0.25, 0.3) is 0 Å². The summed E-state index contributed by atoms with van der Waals surface area (Å²) in [6.45, 7) is 9.38. The number of anilines is 1. The zero-order valence-corrected chi connectivity index (χ0v) is 25.4. The summed E-state index contributed by atoms with van der Waals surface area (Å²) < 4.78 is 39.6. The Morgan fingerprint density at radius 3 is 2.57 bits per heavy atom. The van der Waals surface area contributed by atoms with Crippen molar-refractivity contribution in [2.45, 2.75) is 53.2 Å². The highest BCUT2D eigenvalue weighted by Crippen LogP contribution is 2.37. The lowest BCUT2D eigenvalue weighted by molar-refractivity contribution is -0.120. The molecule has 232 valence electrons. The van der Waals surface area contributed by atoms with Crippen molar-refractivity contribution in [1.82, 2.24) is 15.1 Å². The van der Waals surface area contributed by atoms with Crippen LogP contribution in [0.5, 0.6) is 5.75 Å². The molecule has 0 saturated heterocycles. The van der Waals surface area contributed by atoms with Gasteiger partial charge in [0, 0.05) is 36.7 Å². The van der Waals surface area contributed by atoms with Crippen LogP contribution < -0.4 is 20.7 Å². The van der Waals surface area contributed by atoms with E-state index in [1.807, 2.05) is 34.6 Å². The molecule has 2 atom stereocenters. The van der Waals surface area contributed by atoms with Crippen molar-refractivity contribution in [3.8, 4) is 17.6 Å². The fraction of sp³-hybridized carbons (Fsp3) is 0.375. The van der Waals surface area contributed by atoms with Crippen LogP contribution in [0.15, 0.2) is 48.8 Å². The van der Waals surface area contributed by atoms with Gasteiger partial charge in [0.15, 0.2) is 0 Å². The van der Waals surface area contributed by atoms with E-state index in [1.54, 1.807) is 25.2 Å². The highest BCUT2D eigenvalue weighted by atomic mass is 19.1. The van der Waals surface area contributed by atoms with Gasteiger partial charge in [0.25, 0.3) is 5.91 Å². The van der Waals surface area contributed by atoms with E-state index in [9.17, 15) is 23.2 Å². The summed E-state index contributed by atoms with van der Waals surface area (Å²) in [7, 11) is 1.57. The van der Waals surface area contributed by atoms with Gasteiger partial charge in [-0.1, -0.05) is 38.7 Å². The first-order valence-corrected chi connectivity index (χ1v) is 13.9. The van der Waals surface area contributed by atoms with Crippen molar-refractivity contribution in [3.05, 3.63) is 77.1 Å². The Balaban J connectivity index is 1.47. The molecule has 4 rings (SSSR count). The van der Waals surface area contributed by atoms with Crippen LogP contribution in [0.4, 0.5) is 24.1 Å². The maximum atomic E-state index is 14.0. The summed E-state index contributed by atoms with van der Waals surface area (Å²) >= 11 is 0. The van der Waals surface area contributed by atoms with Gasteiger partial charge in [-0.05, 0) is 49.2 Å². The number of aromatic nitrogens is 2. The quantitative estimate of drug-likeness (QED) is 0.408. The Morgan fingerprint density at radius 1 is 1.18 bits per heavy atom. The molecule has 0 aliphatic carbocycles. The molecule has 0 saturated carbocycles. The van der Waals surface area contributed by atoms with E-state index < -0.39 is 52.6 Å². The molecular formula is C32H35F2N5O5. The SMILES string of the molecule is CN1C(=O)C(NC(=O)n2cc(Cc3ccc(F)cc3F)cn2)COc2ccc(C#CC(C)(C)[C@@H](OC(N)=O)C(C)(C)C)cc21. The van der Waals surface area contributed by atoms with Gasteiger partial charge in [0.05, 0.1) is 17.3 Å². The van der Waals surface area contributed by atoms with Crippen LogP contribution in [-0.4, -0.2) is 53.6 Å². The molecule has 0 radical (unpaired) electrons. The number of carbonyl (C=O) groups is 3. The largest absolute Gasteiger partial charge is 0.489 e. The van der Waals surface area contributed by atoms with E-state index in [1.165, 1.54) is 23.4 Å². The molecule has 1 aliphatic rings. The minimum atomic E-state index is -1.03. The number of nitrogens with zero attached hydrogens (tertiary/aromatic N) is 3. The number of rotatable bonds is 5. The van der Waals surface area contributed by atoms with Crippen molar-refractivity contribution in [1.29, 1.82) is 0 Å². The summed E-state index contributed by atoms with van der Waals surface area (Å²) in [4.78, 5) is 39.2. The Bertz CT molecular complexity index is 1650. The second-order valence-electron chi connectivity index (χ2n) is 12.3. The number of benzene rings is 2. The Labute approximate surface area is 254 Å². The number of ether oxygens (including phenoxy) is 2. The molecule has 3 aromatic rings. The molecule has 44 heavy (non-hydrogen) atoms. The lowest BCUT2D eigenvalue weighted by Gasteiger charge is -2.38. The zero-order chi connectivity index (χ0) is 32.4. The van der Waals surface area contributed by atoms with Crippen LogP contribution in [0.1, 0.15) is 51.3 Å². The van der Waals surface area contributed by atoms with Crippen LogP contribution in [-0.2, 0) is 16.0 Å². The minimum Gasteiger partial charge on any atom is -0.489 e. The number of fused-ring (bicyclic) bond motifs is 1. The van der Waals surface area contributed by atoms with Crippen molar-refractivity contribution in [2.24, 2.45) is 16.6 Å². The fourth-order valence-electron chi connectivity index (χ4n) is 5.16. The van der Waals surface area contributed by atoms with Gasteiger partial charge in [-0.25, -0.2) is 18.4 Å². The summed E-state index contributed by atoms with van der Waals surface area (Å²) in [5.74, 6) is 4.91. The maximum absolute atomic E-state index is 14.0. The smallest absolute Gasteiger partial charge is 0.404 e. The van der Waals surface area contributed by atoms with Gasteiger partial charge in [0.1, 0.15) is 36.1 Å². The van der Waals surface area contributed by atoms with Gasteiger partial charge in [0.2, 0.25) is 0 Å². The third kappa shape index (κ3) is 7.34. The first-order chi connectivity index (χ1) is 20.5. The number of hydrogen-bond donors (Lipinski definition) is 2. The van der Waals surface area contributed by atoms with Crippen molar-refractivity contribution >= 4 is 23.7 Å². The Kier molecular flexibility index (Phi) is 8.99. The first kappa shape index (κ1) is 32.0. The van der Waals surface area contributed by atoms with E-state index in [2.05, 4.69) is 22.3 Å². The molecular weight excluding hydrogens is 572 g/mol. The average Bonchev–Trinajstić information content (AvgIpc) is 3.38. The molecule has 0 spiro atoms. The van der Waals surface area contributed by atoms with Gasteiger partial charge < -0.3 is 25.4 Å². The minimum absolute atomic E-state index is 0.0976. The highest BCUT2D eigenvalue weighted by molar-refractivity contribution is 6.00. The van der Waals surface area contributed by atoms with Crippen LogP contribution in [0, 0.1) is 34.3 Å². The predicted molar refractivity (Wildman–Crippen MR) is 159 cm³/mol. The molecule has 2 aromatic carbocycles. The Hall–Kier alpha value is -4.92. The first-order valence-electron chi connectivity index (χ1n) is 13.9. The standard InChI is InChI=1S/C32H35F2N5O5/c1-31(2,3)28(44-29(35)41)32(4,5)12-11-19-7-10-26-25(14-19)38(6)27(40)24(18-43-26)37-30(42)39-17-20(16-36-39)13-21-8-9-22(33)15-23(21)34/h7-10,14-17,24,28H,13,18H2,1-6H3,(H2,35,41)(H,37,42)/t24?,28-/m0/s1. The molecule has 1 aliphatic heterocycles. The zero-order valence-electron chi connectivity index (χ0n) is 25.4. The van der Waals surface area contributed by atoms with Crippen molar-refractivity contribution in [3.63, 3.8) is 0 Å². The van der Waals surface area contributed by atoms with Gasteiger partial charge in [-0.3, -0.25) is 4.79 Å². The molecule has 3 amide bonds. The van der Waals surface area contributed by atoms with Crippen LogP contribution >= 0.6 is 0 Å². The van der Waals surface area contributed by atoms with Gasteiger partial charge in [-0.2, -0.15) is 9.78 Å². The number of halogens is 2. The van der Waals surface area contributed by atoms with E-state index >= 15 is 0 Å². The third-order valence-electron chi connectivity index (χ3n) is 7.11. The van der Waals surface area contributed by atoms with Gasteiger partial charge >= 0.3 is 12.1 Å². The van der Waals surface area contributed by atoms with E-state index in [4.69, 9.17) is 15.2 Å². The van der Waals surface area contributed by atoms with Crippen LogP contribution in [0.3, 0.4) is 0 Å². The predicted octanol–water partition coefficient (Wildman–Crippen LogP) is 4.62. The molecule has 3 N–H and O–H groups in total. The monoisotopic (exact) mass is 607 g/mol. The number of carbonyl (C=O) groups excluding carboxylic acids is 3. The summed E-state index contributed by atoms with van der Waals surface area (Å²) in [6, 6.07) is 6.70. The van der Waals surface area contributed by atoms with Crippen molar-refractivity contribution in [2.75, 3.05) is 18.6 Å². The number of hydrogen-bond acceptors (Lipinski definition) is 6. The summed E-state index contributed by atoms with van der Waals surface area (Å²) in [5, 5.41) is 6.65. The average molecular weight is 608 g/mol. The molecule has 2 heterocycles. The lowest BCUT2D eigenvalue weighted by atomic mass is 9.73. The highest BCUT2D eigenvalue weighted by Gasteiger charge is 2.40. The van der Waals surface area contributed by atoms with E-state index in [0.717, 1.165) is 16.8 Å². The van der Waals surface area contributed by atoms with E-state index in [0.29, 0.717) is 22.6 Å². The fourth-order valence-corrected chi connectivity index (χ4v) is 5.16. The molecule has 12 heteroatoms. The number of nitrogens with one attached hydrogen (secondary N) is 1. The normalized spacial score (nSPS) is 15.7. The second-order valence-corrected chi connectivity index (χ2v) is 12.3. The second kappa shape index (κ2) is 12.4. The third-order valence-corrected chi connectivity index (χ3v) is 7.11. The topological polar surface area (TPSA) is 129 Å². The summed E-state index contributed by atoms with van der Waals surface area (Å²) in [6.07, 6.45) is 1.43. The summed E-state index contributed by atoms with van der Waals surface area (Å²) in [5.41, 5.74) is 5.94. The number of likely N-dealkylation sites (N-methyl/N-ethyl adjacent to an activating group) is 1. The van der Waals surface area contributed by atoms with E-state index in [-0.39, 0.29) is 18.6 Å². The number of nitrogens with two attached hydrogens (primary N) is 1. The molecule has 10 nitrogen and oxygen atoms in total. The number of amides is 3. The van der Waals surface area contributed by atoms with Crippen LogP contribution in [0.2, 0.25) is 0 Å². The lowest BCUT2D eigenvalue weighted by Crippen LogP contribution is -2.50. The molecule has 1 unspecified atom stereocenters. The molecule has 0 fully saturated rings. The maximum Gasteiger partial charge on any atom is 0.404 e. The van der Waals surface area contributed by atoms with Gasteiger partial charge in [-0.15, -0.1) is 0 Å². The van der Waals surface area contributed by atoms with Crippen molar-refractivity contribution < 1.29 is 32.6 Å². The Morgan fingerprint density at radius 2 is 1.91 bits per heavy atom. The number of primary amides is 1. The molecule has 1 aromatic heterocycles.